The quantitative estimate of drug-likeness (QED) is 0.169. The van der Waals surface area contributed by atoms with Crippen LogP contribution >= 0.6 is 0 Å². The zero-order chi connectivity index (χ0) is 39.5. The molecule has 2 nitrogen and oxygen atoms in total. The molecule has 9 aromatic carbocycles. The van der Waals surface area contributed by atoms with Gasteiger partial charge in [0.1, 0.15) is 0 Å². The molecule has 0 atom stereocenters. The second kappa shape index (κ2) is 13.9. The molecule has 2 heteroatoms. The first-order chi connectivity index (χ1) is 29.0. The molecule has 0 unspecified atom stereocenters. The van der Waals surface area contributed by atoms with Crippen LogP contribution in [0.4, 0.5) is 0 Å². The van der Waals surface area contributed by atoms with Gasteiger partial charge in [0.2, 0.25) is 0 Å². The van der Waals surface area contributed by atoms with Crippen molar-refractivity contribution >= 4 is 21.5 Å². The molecule has 59 heavy (non-hydrogen) atoms. The van der Waals surface area contributed by atoms with Gasteiger partial charge in [-0.15, -0.1) is 0 Å². The van der Waals surface area contributed by atoms with Crippen LogP contribution in [0.1, 0.15) is 25.0 Å². The molecule has 278 valence electrons. The molecule has 1 heterocycles. The second-order valence-corrected chi connectivity index (χ2v) is 16.2. The van der Waals surface area contributed by atoms with Gasteiger partial charge in [0.25, 0.3) is 0 Å². The predicted molar refractivity (Wildman–Crippen MR) is 247 cm³/mol. The van der Waals surface area contributed by atoms with E-state index in [1.165, 1.54) is 71.8 Å². The average molecular weight is 753 g/mol. The van der Waals surface area contributed by atoms with Crippen molar-refractivity contribution in [1.29, 1.82) is 0 Å². The van der Waals surface area contributed by atoms with Crippen LogP contribution in [-0.4, -0.2) is 9.97 Å². The number of hydrogen-bond donors (Lipinski definition) is 0. The van der Waals surface area contributed by atoms with Crippen LogP contribution < -0.4 is 0 Å². The minimum absolute atomic E-state index is 0.172. The predicted octanol–water partition coefficient (Wildman–Crippen LogP) is 15.1. The van der Waals surface area contributed by atoms with Crippen molar-refractivity contribution in [2.75, 3.05) is 0 Å². The highest BCUT2D eigenvalue weighted by molar-refractivity contribution is 6.06. The van der Waals surface area contributed by atoms with Gasteiger partial charge in [0, 0.05) is 22.1 Å². The van der Waals surface area contributed by atoms with Crippen molar-refractivity contribution < 1.29 is 0 Å². The third-order valence-electron chi connectivity index (χ3n) is 12.3. The minimum atomic E-state index is -0.172. The van der Waals surface area contributed by atoms with E-state index in [9.17, 15) is 0 Å². The lowest BCUT2D eigenvalue weighted by Gasteiger charge is -2.25. The van der Waals surface area contributed by atoms with Crippen molar-refractivity contribution in [2.24, 2.45) is 0 Å². The van der Waals surface area contributed by atoms with Crippen molar-refractivity contribution in [3.63, 3.8) is 0 Å². The van der Waals surface area contributed by atoms with Gasteiger partial charge in [0.05, 0.1) is 11.4 Å². The van der Waals surface area contributed by atoms with E-state index in [2.05, 4.69) is 214 Å². The molecule has 0 aliphatic heterocycles. The van der Waals surface area contributed by atoms with Crippen LogP contribution in [0.25, 0.3) is 100.0 Å². The van der Waals surface area contributed by atoms with Crippen molar-refractivity contribution in [3.05, 3.63) is 217 Å². The molecule has 0 radical (unpaired) electrons. The number of hydrogen-bond acceptors (Lipinski definition) is 2. The Bertz CT molecular complexity index is 3200. The Hall–Kier alpha value is -7.42. The van der Waals surface area contributed by atoms with Crippen LogP contribution in [0.3, 0.4) is 0 Å². The molecule has 0 amide bonds. The zero-order valence-electron chi connectivity index (χ0n) is 33.0. The lowest BCUT2D eigenvalue weighted by molar-refractivity contribution is 0.663. The molecule has 0 N–H and O–H groups in total. The molecule has 10 aromatic rings. The largest absolute Gasteiger partial charge is 0.228 e. The van der Waals surface area contributed by atoms with Gasteiger partial charge in [-0.1, -0.05) is 196 Å². The second-order valence-electron chi connectivity index (χ2n) is 16.2. The monoisotopic (exact) mass is 752 g/mol. The summed E-state index contributed by atoms with van der Waals surface area (Å²) >= 11 is 0. The summed E-state index contributed by atoms with van der Waals surface area (Å²) in [6.07, 6.45) is 0. The summed E-state index contributed by atoms with van der Waals surface area (Å²) in [5, 5.41) is 4.88. The van der Waals surface area contributed by atoms with E-state index in [1.54, 1.807) is 0 Å². The van der Waals surface area contributed by atoms with Crippen molar-refractivity contribution in [1.82, 2.24) is 9.97 Å². The van der Waals surface area contributed by atoms with Crippen LogP contribution in [0.5, 0.6) is 0 Å². The summed E-state index contributed by atoms with van der Waals surface area (Å²) in [6, 6.07) is 74.2. The molecule has 1 aromatic heterocycles. The molecule has 0 bridgehead atoms. The third kappa shape index (κ3) is 5.96. The standard InChI is InChI=1S/C57H40N2/c1-57(2)52-35-44-19-10-9-18-43(44)34-51(52)49-23-13-22-48(55(49)57)47-32-33-50(46-21-12-11-20-45(46)47)56-58-53(41-16-7-4-8-17-41)36-54(59-56)42-30-28-40(29-31-42)39-26-24-38(25-27-39)37-14-5-3-6-15-37/h3-36H,1-2H3. The summed E-state index contributed by atoms with van der Waals surface area (Å²) in [5.74, 6) is 0.711. The fourth-order valence-corrected chi connectivity index (χ4v) is 9.31. The lowest BCUT2D eigenvalue weighted by atomic mass is 9.78. The fourth-order valence-electron chi connectivity index (χ4n) is 9.31. The lowest BCUT2D eigenvalue weighted by Crippen LogP contribution is -2.16. The normalized spacial score (nSPS) is 12.7. The topological polar surface area (TPSA) is 25.8 Å². The Morgan fingerprint density at radius 1 is 0.322 bits per heavy atom. The summed E-state index contributed by atoms with van der Waals surface area (Å²) in [4.78, 5) is 10.6. The van der Waals surface area contributed by atoms with Crippen molar-refractivity contribution in [2.45, 2.75) is 19.3 Å². The molecule has 0 saturated heterocycles. The molecule has 0 fully saturated rings. The first-order valence-electron chi connectivity index (χ1n) is 20.4. The van der Waals surface area contributed by atoms with Gasteiger partial charge in [-0.25, -0.2) is 9.97 Å². The van der Waals surface area contributed by atoms with Gasteiger partial charge < -0.3 is 0 Å². The highest BCUT2D eigenvalue weighted by atomic mass is 14.9. The van der Waals surface area contributed by atoms with Gasteiger partial charge in [0.15, 0.2) is 5.82 Å². The Balaban J connectivity index is 1.01. The zero-order valence-corrected chi connectivity index (χ0v) is 33.0. The highest BCUT2D eigenvalue weighted by Gasteiger charge is 2.38. The number of aromatic nitrogens is 2. The van der Waals surface area contributed by atoms with E-state index in [4.69, 9.17) is 9.97 Å². The smallest absolute Gasteiger partial charge is 0.161 e. The van der Waals surface area contributed by atoms with Crippen LogP contribution in [0.2, 0.25) is 0 Å². The first kappa shape index (κ1) is 34.8. The molecule has 1 aliphatic carbocycles. The maximum atomic E-state index is 5.32. The van der Waals surface area contributed by atoms with Crippen LogP contribution in [0, 0.1) is 0 Å². The summed E-state index contributed by atoms with van der Waals surface area (Å²) < 4.78 is 0. The summed E-state index contributed by atoms with van der Waals surface area (Å²) in [5.41, 5.74) is 17.4. The van der Waals surface area contributed by atoms with E-state index >= 15 is 0 Å². The van der Waals surface area contributed by atoms with E-state index in [0.29, 0.717) is 5.82 Å². The number of fused-ring (bicyclic) bond motifs is 5. The SMILES string of the molecule is CC1(C)c2cc3ccccc3cc2-c2cccc(-c3ccc(-c4nc(-c5ccccc5)cc(-c5ccc(-c6ccc(-c7ccccc7)cc6)cc5)n4)c4ccccc34)c21. The number of nitrogens with zero attached hydrogens (tertiary/aromatic N) is 2. The van der Waals surface area contributed by atoms with E-state index < -0.39 is 0 Å². The van der Waals surface area contributed by atoms with E-state index in [1.807, 2.05) is 6.07 Å². The minimum Gasteiger partial charge on any atom is -0.228 e. The molecular formula is C57H40N2. The van der Waals surface area contributed by atoms with E-state index in [0.717, 1.165) is 33.5 Å². The molecule has 11 rings (SSSR count). The number of benzene rings is 9. The Labute approximate surface area is 345 Å². The number of rotatable bonds is 6. The van der Waals surface area contributed by atoms with E-state index in [-0.39, 0.29) is 5.41 Å². The Morgan fingerprint density at radius 3 is 1.37 bits per heavy atom. The van der Waals surface area contributed by atoms with Gasteiger partial charge in [-0.3, -0.25) is 0 Å². The highest BCUT2D eigenvalue weighted by Crippen LogP contribution is 2.54. The van der Waals surface area contributed by atoms with Gasteiger partial charge >= 0.3 is 0 Å². The fraction of sp³-hybridized carbons (Fsp3) is 0.0526. The van der Waals surface area contributed by atoms with Crippen LogP contribution in [0.15, 0.2) is 206 Å². The molecule has 0 saturated carbocycles. The van der Waals surface area contributed by atoms with Crippen molar-refractivity contribution in [3.8, 4) is 78.4 Å². The summed E-state index contributed by atoms with van der Waals surface area (Å²) in [6.45, 7) is 4.76. The maximum absolute atomic E-state index is 5.32. The van der Waals surface area contributed by atoms with Gasteiger partial charge in [-0.05, 0) is 101 Å². The Morgan fingerprint density at radius 2 is 0.763 bits per heavy atom. The maximum Gasteiger partial charge on any atom is 0.161 e. The van der Waals surface area contributed by atoms with Gasteiger partial charge in [-0.2, -0.15) is 0 Å². The van der Waals surface area contributed by atoms with Crippen LogP contribution in [-0.2, 0) is 5.41 Å². The molecular weight excluding hydrogens is 713 g/mol. The first-order valence-corrected chi connectivity index (χ1v) is 20.4. The molecule has 1 aliphatic rings. The summed E-state index contributed by atoms with van der Waals surface area (Å²) in [7, 11) is 0. The average Bonchev–Trinajstić information content (AvgIpc) is 3.53. The Kier molecular flexibility index (Phi) is 8.20. The third-order valence-corrected chi connectivity index (χ3v) is 12.3. The molecule has 0 spiro atoms.